The van der Waals surface area contributed by atoms with E-state index in [9.17, 15) is 18.0 Å². The molecule has 2 heterocycles. The summed E-state index contributed by atoms with van der Waals surface area (Å²) in [4.78, 5) is 15.0. The number of alkyl halides is 2. The van der Waals surface area contributed by atoms with E-state index in [2.05, 4.69) is 14.9 Å². The molecule has 0 unspecified atom stereocenters. The van der Waals surface area contributed by atoms with Gasteiger partial charge in [-0.2, -0.15) is 0 Å². The molecule has 208 valence electrons. The fraction of sp³-hybridized carbons (Fsp3) is 0.100. The van der Waals surface area contributed by atoms with Crippen molar-refractivity contribution in [1.29, 1.82) is 0 Å². The van der Waals surface area contributed by atoms with Gasteiger partial charge in [0.25, 0.3) is 0 Å². The number of carbonyl (C=O) groups is 1. The molecule has 0 saturated carbocycles. The molecular weight excluding hydrogens is 559 g/mol. The number of hydrazine groups is 1. The van der Waals surface area contributed by atoms with Gasteiger partial charge in [0, 0.05) is 28.9 Å². The number of urea groups is 1. The van der Waals surface area contributed by atoms with Crippen molar-refractivity contribution in [3.63, 3.8) is 0 Å². The van der Waals surface area contributed by atoms with Crippen molar-refractivity contribution < 1.29 is 32.2 Å². The van der Waals surface area contributed by atoms with Gasteiger partial charge in [-0.1, -0.05) is 23.7 Å². The molecule has 11 heteroatoms. The highest BCUT2D eigenvalue weighted by atomic mass is 35.5. The molecule has 2 aliphatic heterocycles. The SMILES string of the molecule is CN(C(=O)N1CC(c2ccc(F)cc2)=C(c2ccc3c(c2)OC(F)(F)O3)N1)c1ccc(Oc2ccc(Cl)cc2)cc1. The van der Waals surface area contributed by atoms with Gasteiger partial charge in [0.15, 0.2) is 11.5 Å². The summed E-state index contributed by atoms with van der Waals surface area (Å²) in [6, 6.07) is 23.7. The lowest BCUT2D eigenvalue weighted by molar-refractivity contribution is -0.286. The first-order chi connectivity index (χ1) is 19.6. The third-order valence-electron chi connectivity index (χ3n) is 6.54. The van der Waals surface area contributed by atoms with Crippen molar-refractivity contribution in [3.8, 4) is 23.0 Å². The van der Waals surface area contributed by atoms with Crippen molar-refractivity contribution in [1.82, 2.24) is 10.4 Å². The maximum Gasteiger partial charge on any atom is 0.586 e. The number of carbonyl (C=O) groups excluding carboxylic acids is 1. The van der Waals surface area contributed by atoms with E-state index in [1.807, 2.05) is 0 Å². The Balaban J connectivity index is 1.23. The molecule has 0 bridgehead atoms. The second kappa shape index (κ2) is 10.3. The zero-order chi connectivity index (χ0) is 28.7. The van der Waals surface area contributed by atoms with Crippen LogP contribution in [0.4, 0.5) is 23.7 Å². The van der Waals surface area contributed by atoms with E-state index in [4.69, 9.17) is 16.3 Å². The van der Waals surface area contributed by atoms with E-state index >= 15 is 0 Å². The van der Waals surface area contributed by atoms with Gasteiger partial charge in [-0.3, -0.25) is 10.3 Å². The third-order valence-corrected chi connectivity index (χ3v) is 6.79. The molecule has 0 saturated heterocycles. The summed E-state index contributed by atoms with van der Waals surface area (Å²) in [7, 11) is 1.62. The Morgan fingerprint density at radius 1 is 0.902 bits per heavy atom. The normalized spacial score (nSPS) is 15.1. The van der Waals surface area contributed by atoms with E-state index < -0.39 is 18.1 Å². The summed E-state index contributed by atoms with van der Waals surface area (Å²) < 4.78 is 55.8. The second-order valence-electron chi connectivity index (χ2n) is 9.28. The van der Waals surface area contributed by atoms with E-state index in [0.717, 1.165) is 0 Å². The van der Waals surface area contributed by atoms with Crippen LogP contribution < -0.4 is 24.5 Å². The highest BCUT2D eigenvalue weighted by Crippen LogP contribution is 2.43. The average Bonchev–Trinajstić information content (AvgIpc) is 3.54. The van der Waals surface area contributed by atoms with E-state index in [-0.39, 0.29) is 18.0 Å². The maximum atomic E-state index is 13.7. The lowest BCUT2D eigenvalue weighted by atomic mass is 10.0. The molecule has 0 aliphatic carbocycles. The summed E-state index contributed by atoms with van der Waals surface area (Å²) in [5, 5.41) is 1.98. The number of halogens is 4. The molecule has 0 radical (unpaired) electrons. The number of nitrogens with one attached hydrogen (secondary N) is 1. The third kappa shape index (κ3) is 5.46. The summed E-state index contributed by atoms with van der Waals surface area (Å²) in [6.45, 7) is 0.118. The Morgan fingerprint density at radius 3 is 2.20 bits per heavy atom. The van der Waals surface area contributed by atoms with Crippen LogP contribution in [0.2, 0.25) is 5.02 Å². The van der Waals surface area contributed by atoms with Gasteiger partial charge < -0.3 is 14.2 Å². The fourth-order valence-corrected chi connectivity index (χ4v) is 4.62. The maximum absolute atomic E-state index is 13.7. The van der Waals surface area contributed by atoms with E-state index in [0.29, 0.717) is 44.6 Å². The molecule has 0 aromatic heterocycles. The van der Waals surface area contributed by atoms with Gasteiger partial charge in [0.05, 0.1) is 12.2 Å². The molecule has 0 spiro atoms. The minimum atomic E-state index is -3.77. The highest BCUT2D eigenvalue weighted by molar-refractivity contribution is 6.30. The average molecular weight is 580 g/mol. The van der Waals surface area contributed by atoms with Gasteiger partial charge in [0.1, 0.15) is 17.3 Å². The van der Waals surface area contributed by atoms with Crippen molar-refractivity contribution >= 4 is 34.6 Å². The Bertz CT molecular complexity index is 1650. The molecule has 2 amide bonds. The first kappa shape index (κ1) is 26.4. The van der Waals surface area contributed by atoms with Gasteiger partial charge in [-0.15, -0.1) is 8.78 Å². The van der Waals surface area contributed by atoms with Crippen LogP contribution in [0.25, 0.3) is 11.3 Å². The lowest BCUT2D eigenvalue weighted by Crippen LogP contribution is -2.45. The van der Waals surface area contributed by atoms with Crippen molar-refractivity contribution in [2.45, 2.75) is 6.29 Å². The van der Waals surface area contributed by atoms with Crippen molar-refractivity contribution in [2.24, 2.45) is 0 Å². The highest BCUT2D eigenvalue weighted by Gasteiger charge is 2.43. The summed E-state index contributed by atoms with van der Waals surface area (Å²) in [6.07, 6.45) is -3.77. The molecule has 1 N–H and O–H groups in total. The molecule has 4 aromatic carbocycles. The molecule has 0 fully saturated rings. The molecule has 4 aromatic rings. The molecule has 41 heavy (non-hydrogen) atoms. The number of benzene rings is 4. The van der Waals surface area contributed by atoms with Gasteiger partial charge >= 0.3 is 12.3 Å². The van der Waals surface area contributed by atoms with Crippen LogP contribution in [0.1, 0.15) is 11.1 Å². The fourth-order valence-electron chi connectivity index (χ4n) is 4.49. The molecule has 7 nitrogen and oxygen atoms in total. The summed E-state index contributed by atoms with van der Waals surface area (Å²) >= 11 is 5.92. The van der Waals surface area contributed by atoms with Crippen LogP contribution in [0.3, 0.4) is 0 Å². The molecule has 2 aliphatic rings. The number of hydrogen-bond donors (Lipinski definition) is 1. The number of nitrogens with zero attached hydrogens (tertiary/aromatic N) is 2. The summed E-state index contributed by atoms with van der Waals surface area (Å²) in [5.74, 6) is 0.544. The zero-order valence-electron chi connectivity index (χ0n) is 21.4. The van der Waals surface area contributed by atoms with Crippen molar-refractivity contribution in [2.75, 3.05) is 18.5 Å². The van der Waals surface area contributed by atoms with Crippen LogP contribution in [0.15, 0.2) is 91.0 Å². The Morgan fingerprint density at radius 2 is 1.51 bits per heavy atom. The Labute approximate surface area is 237 Å². The Kier molecular flexibility index (Phi) is 6.63. The first-order valence-corrected chi connectivity index (χ1v) is 12.8. The Hall–Kier alpha value is -4.83. The number of rotatable bonds is 5. The second-order valence-corrected chi connectivity index (χ2v) is 9.72. The van der Waals surface area contributed by atoms with E-state index in [1.165, 1.54) is 34.2 Å². The molecule has 6 rings (SSSR count). The van der Waals surface area contributed by atoms with E-state index in [1.54, 1.807) is 73.8 Å². The van der Waals surface area contributed by atoms with Gasteiger partial charge in [0.2, 0.25) is 0 Å². The van der Waals surface area contributed by atoms with Crippen LogP contribution >= 0.6 is 11.6 Å². The number of hydrogen-bond acceptors (Lipinski definition) is 5. The quantitative estimate of drug-likeness (QED) is 0.265. The topological polar surface area (TPSA) is 63.3 Å². The standard InChI is InChI=1S/C30H21ClF3N3O4/c1-36(22-9-13-24(14-10-22)39-23-11-5-20(31)6-12-23)29(38)37-17-25(18-2-7-21(32)8-3-18)28(35-37)19-4-15-26-27(16-19)41-30(33,34)40-26/h2-16,35H,17H2,1H3. The van der Waals surface area contributed by atoms with Gasteiger partial charge in [-0.05, 0) is 84.4 Å². The smallest absolute Gasteiger partial charge is 0.457 e. The zero-order valence-corrected chi connectivity index (χ0v) is 22.2. The minimum absolute atomic E-state index is 0.100. The monoisotopic (exact) mass is 579 g/mol. The first-order valence-electron chi connectivity index (χ1n) is 12.4. The van der Waals surface area contributed by atoms with Crippen LogP contribution in [-0.2, 0) is 0 Å². The number of fused-ring (bicyclic) bond motifs is 1. The largest absolute Gasteiger partial charge is 0.586 e. The van der Waals surface area contributed by atoms with Crippen LogP contribution in [0, 0.1) is 5.82 Å². The number of ether oxygens (including phenoxy) is 3. The predicted octanol–water partition coefficient (Wildman–Crippen LogP) is 7.54. The number of amides is 2. The van der Waals surface area contributed by atoms with Crippen LogP contribution in [0.5, 0.6) is 23.0 Å². The molecular formula is C30H21ClF3N3O4. The van der Waals surface area contributed by atoms with Crippen LogP contribution in [-0.4, -0.2) is 30.9 Å². The van der Waals surface area contributed by atoms with Crippen molar-refractivity contribution in [3.05, 3.63) is 113 Å². The summed E-state index contributed by atoms with van der Waals surface area (Å²) in [5.41, 5.74) is 5.95. The lowest BCUT2D eigenvalue weighted by Gasteiger charge is -2.25. The molecule has 0 atom stereocenters. The minimum Gasteiger partial charge on any atom is -0.457 e. The predicted molar refractivity (Wildman–Crippen MR) is 147 cm³/mol. The van der Waals surface area contributed by atoms with Gasteiger partial charge in [-0.25, -0.2) is 14.2 Å². The number of anilines is 1.